The van der Waals surface area contributed by atoms with Gasteiger partial charge in [-0.1, -0.05) is 19.3 Å². The Kier molecular flexibility index (Phi) is 4.96. The largest absolute Gasteiger partial charge is 0.354 e. The zero-order valence-electron chi connectivity index (χ0n) is 11.4. The molecule has 3 N–H and O–H groups in total. The van der Waals surface area contributed by atoms with Crippen molar-refractivity contribution in [2.24, 2.45) is 11.7 Å². The van der Waals surface area contributed by atoms with Crippen LogP contribution >= 0.6 is 11.8 Å². The molecule has 2 fully saturated rings. The average Bonchev–Trinajstić information content (AvgIpc) is 2.85. The van der Waals surface area contributed by atoms with E-state index in [-0.39, 0.29) is 17.9 Å². The molecular formula is C14H26N2OS. The van der Waals surface area contributed by atoms with Gasteiger partial charge in [-0.25, -0.2) is 0 Å². The third-order valence-corrected chi connectivity index (χ3v) is 6.04. The van der Waals surface area contributed by atoms with Crippen molar-refractivity contribution in [3.05, 3.63) is 0 Å². The predicted molar refractivity (Wildman–Crippen MR) is 77.7 cm³/mol. The van der Waals surface area contributed by atoms with Crippen molar-refractivity contribution in [3.8, 4) is 0 Å². The summed E-state index contributed by atoms with van der Waals surface area (Å²) in [7, 11) is 0. The lowest BCUT2D eigenvalue weighted by atomic mass is 9.85. The monoisotopic (exact) mass is 270 g/mol. The number of carbonyl (C=O) groups is 1. The van der Waals surface area contributed by atoms with Gasteiger partial charge in [0.15, 0.2) is 0 Å². The molecule has 3 nitrogen and oxygen atoms in total. The molecule has 0 radical (unpaired) electrons. The zero-order chi connectivity index (χ0) is 13.0. The second-order valence-corrected chi connectivity index (χ2v) is 7.21. The fourth-order valence-electron chi connectivity index (χ4n) is 3.33. The van der Waals surface area contributed by atoms with E-state index in [1.807, 2.05) is 11.8 Å². The minimum Gasteiger partial charge on any atom is -0.354 e. The molecule has 104 valence electrons. The molecule has 2 aliphatic rings. The van der Waals surface area contributed by atoms with Crippen LogP contribution in [0.4, 0.5) is 0 Å². The van der Waals surface area contributed by atoms with Gasteiger partial charge < -0.3 is 11.1 Å². The number of hydrogen-bond acceptors (Lipinski definition) is 3. The lowest BCUT2D eigenvalue weighted by molar-refractivity contribution is -0.126. The molecule has 2 aliphatic carbocycles. The van der Waals surface area contributed by atoms with Crippen molar-refractivity contribution in [2.75, 3.05) is 12.8 Å². The highest BCUT2D eigenvalue weighted by molar-refractivity contribution is 8.00. The number of nitrogens with one attached hydrogen (secondary N) is 1. The standard InChI is InChI=1S/C14H26N2OS/c1-18-14(7-2-3-8-14)10-16-13(17)11-5-4-6-12(15)9-11/h11-12H,2-10,15H2,1H3,(H,16,17). The molecule has 0 spiro atoms. The smallest absolute Gasteiger partial charge is 0.223 e. The quantitative estimate of drug-likeness (QED) is 0.824. The lowest BCUT2D eigenvalue weighted by Gasteiger charge is -2.30. The van der Waals surface area contributed by atoms with Crippen molar-refractivity contribution in [3.63, 3.8) is 0 Å². The molecule has 0 aromatic rings. The van der Waals surface area contributed by atoms with Gasteiger partial charge >= 0.3 is 0 Å². The molecule has 1 amide bonds. The van der Waals surface area contributed by atoms with Gasteiger partial charge in [0.2, 0.25) is 5.91 Å². The molecular weight excluding hydrogens is 244 g/mol. The fraction of sp³-hybridized carbons (Fsp3) is 0.929. The van der Waals surface area contributed by atoms with E-state index in [9.17, 15) is 4.79 Å². The molecule has 0 aliphatic heterocycles. The summed E-state index contributed by atoms with van der Waals surface area (Å²) in [5.74, 6) is 0.402. The Balaban J connectivity index is 1.80. The second-order valence-electron chi connectivity index (χ2n) is 5.94. The summed E-state index contributed by atoms with van der Waals surface area (Å²) in [6, 6.07) is 0.232. The van der Waals surface area contributed by atoms with Gasteiger partial charge in [0.25, 0.3) is 0 Å². The number of amides is 1. The topological polar surface area (TPSA) is 55.1 Å². The summed E-state index contributed by atoms with van der Waals surface area (Å²) in [5.41, 5.74) is 5.95. The second kappa shape index (κ2) is 6.29. The van der Waals surface area contributed by atoms with Crippen molar-refractivity contribution < 1.29 is 4.79 Å². The lowest BCUT2D eigenvalue weighted by Crippen LogP contribution is -2.43. The van der Waals surface area contributed by atoms with Crippen LogP contribution in [0.15, 0.2) is 0 Å². The number of hydrogen-bond donors (Lipinski definition) is 2. The molecule has 2 rings (SSSR count). The van der Waals surface area contributed by atoms with Crippen LogP contribution in [-0.2, 0) is 4.79 Å². The van der Waals surface area contributed by atoms with E-state index in [4.69, 9.17) is 5.73 Å². The highest BCUT2D eigenvalue weighted by Crippen LogP contribution is 2.39. The van der Waals surface area contributed by atoms with E-state index in [1.165, 1.54) is 25.7 Å². The van der Waals surface area contributed by atoms with Crippen molar-refractivity contribution >= 4 is 17.7 Å². The summed E-state index contributed by atoms with van der Waals surface area (Å²) in [6.45, 7) is 0.846. The normalized spacial score (nSPS) is 31.2. The zero-order valence-corrected chi connectivity index (χ0v) is 12.2. The van der Waals surface area contributed by atoms with Crippen LogP contribution in [0.3, 0.4) is 0 Å². The number of thioether (sulfide) groups is 1. The maximum absolute atomic E-state index is 12.2. The van der Waals surface area contributed by atoms with Gasteiger partial charge in [0.05, 0.1) is 0 Å². The number of carbonyl (C=O) groups excluding carboxylic acids is 1. The first-order chi connectivity index (χ1) is 8.65. The first-order valence-electron chi connectivity index (χ1n) is 7.24. The van der Waals surface area contributed by atoms with Crippen LogP contribution in [0.5, 0.6) is 0 Å². The fourth-order valence-corrected chi connectivity index (χ4v) is 4.24. The first-order valence-corrected chi connectivity index (χ1v) is 8.46. The van der Waals surface area contributed by atoms with Crippen LogP contribution in [0, 0.1) is 5.92 Å². The van der Waals surface area contributed by atoms with Crippen molar-refractivity contribution in [2.45, 2.75) is 62.2 Å². The maximum atomic E-state index is 12.2. The molecule has 2 saturated carbocycles. The maximum Gasteiger partial charge on any atom is 0.223 e. The van der Waals surface area contributed by atoms with E-state index in [2.05, 4.69) is 11.6 Å². The summed E-state index contributed by atoms with van der Waals surface area (Å²) in [6.07, 6.45) is 11.4. The highest BCUT2D eigenvalue weighted by atomic mass is 32.2. The average molecular weight is 270 g/mol. The van der Waals surface area contributed by atoms with Gasteiger partial charge in [0.1, 0.15) is 0 Å². The Bertz CT molecular complexity index is 290. The molecule has 4 heteroatoms. The molecule has 0 aromatic carbocycles. The van der Waals surface area contributed by atoms with E-state index in [0.29, 0.717) is 4.75 Å². The van der Waals surface area contributed by atoms with Gasteiger partial charge in [-0.3, -0.25) is 4.79 Å². The first kappa shape index (κ1) is 14.2. The van der Waals surface area contributed by atoms with E-state index >= 15 is 0 Å². The summed E-state index contributed by atoms with van der Waals surface area (Å²) >= 11 is 1.93. The summed E-state index contributed by atoms with van der Waals surface area (Å²) in [4.78, 5) is 12.2. The van der Waals surface area contributed by atoms with E-state index < -0.39 is 0 Å². The van der Waals surface area contributed by atoms with Crippen LogP contribution in [0.25, 0.3) is 0 Å². The van der Waals surface area contributed by atoms with Gasteiger partial charge in [0, 0.05) is 23.3 Å². The predicted octanol–water partition coefficient (Wildman–Crippen LogP) is 2.30. The molecule has 2 unspecified atom stereocenters. The summed E-state index contributed by atoms with van der Waals surface area (Å²) in [5, 5.41) is 3.19. The Hall–Kier alpha value is -0.220. The van der Waals surface area contributed by atoms with Crippen LogP contribution in [-0.4, -0.2) is 29.5 Å². The van der Waals surface area contributed by atoms with Gasteiger partial charge in [-0.2, -0.15) is 11.8 Å². The van der Waals surface area contributed by atoms with Gasteiger partial charge in [-0.05, 0) is 38.4 Å². The highest BCUT2D eigenvalue weighted by Gasteiger charge is 2.34. The SMILES string of the molecule is CSC1(CNC(=O)C2CCCC(N)C2)CCCC1. The Labute approximate surface area is 115 Å². The molecule has 0 aromatic heterocycles. The minimum absolute atomic E-state index is 0.161. The Morgan fingerprint density at radius 3 is 2.67 bits per heavy atom. The number of rotatable bonds is 4. The Morgan fingerprint density at radius 1 is 1.33 bits per heavy atom. The molecule has 0 heterocycles. The molecule has 0 bridgehead atoms. The Morgan fingerprint density at radius 2 is 2.06 bits per heavy atom. The van der Waals surface area contributed by atoms with Crippen molar-refractivity contribution in [1.82, 2.24) is 5.32 Å². The van der Waals surface area contributed by atoms with Crippen molar-refractivity contribution in [1.29, 1.82) is 0 Å². The van der Waals surface area contributed by atoms with Crippen LogP contribution < -0.4 is 11.1 Å². The van der Waals surface area contributed by atoms with E-state index in [0.717, 1.165) is 32.2 Å². The van der Waals surface area contributed by atoms with Crippen LogP contribution in [0.2, 0.25) is 0 Å². The molecule has 2 atom stereocenters. The van der Waals surface area contributed by atoms with E-state index in [1.54, 1.807) is 0 Å². The molecule has 0 saturated heterocycles. The molecule has 18 heavy (non-hydrogen) atoms. The third kappa shape index (κ3) is 3.41. The minimum atomic E-state index is 0.161. The number of nitrogens with two attached hydrogens (primary N) is 1. The van der Waals surface area contributed by atoms with Crippen LogP contribution in [0.1, 0.15) is 51.4 Å². The summed E-state index contributed by atoms with van der Waals surface area (Å²) < 4.78 is 0.312. The third-order valence-electron chi connectivity index (χ3n) is 4.62. The van der Waals surface area contributed by atoms with Gasteiger partial charge in [-0.15, -0.1) is 0 Å².